The maximum atomic E-state index is 14.3. The SMILES string of the molecule is CS(=O)(=O)N[C@@H]1CCN(C(=O)[C@@H]2C[C@H]2c2ccc(F)cc2-c2ccccc2F)C1. The summed E-state index contributed by atoms with van der Waals surface area (Å²) in [5.74, 6) is -1.26. The van der Waals surface area contributed by atoms with Crippen LogP contribution in [0, 0.1) is 17.6 Å². The van der Waals surface area contributed by atoms with Gasteiger partial charge < -0.3 is 4.90 Å². The Hall–Kier alpha value is -2.32. The highest BCUT2D eigenvalue weighted by Gasteiger charge is 2.47. The summed E-state index contributed by atoms with van der Waals surface area (Å²) >= 11 is 0. The van der Waals surface area contributed by atoms with Gasteiger partial charge in [0.15, 0.2) is 0 Å². The third-order valence-corrected chi connectivity index (χ3v) is 6.33. The van der Waals surface area contributed by atoms with Crippen LogP contribution < -0.4 is 4.72 Å². The number of hydrogen-bond donors (Lipinski definition) is 1. The fourth-order valence-electron chi connectivity index (χ4n) is 4.17. The fraction of sp³-hybridized carbons (Fsp3) is 0.381. The Labute approximate surface area is 168 Å². The first-order chi connectivity index (χ1) is 13.7. The van der Waals surface area contributed by atoms with Crippen LogP contribution in [0.15, 0.2) is 42.5 Å². The Kier molecular flexibility index (Phi) is 5.16. The first kappa shape index (κ1) is 20.0. The fourth-order valence-corrected chi connectivity index (χ4v) is 4.97. The van der Waals surface area contributed by atoms with Crippen molar-refractivity contribution in [1.82, 2.24) is 9.62 Å². The monoisotopic (exact) mass is 420 g/mol. The minimum atomic E-state index is -3.32. The summed E-state index contributed by atoms with van der Waals surface area (Å²) < 4.78 is 53.5. The first-order valence-electron chi connectivity index (χ1n) is 9.53. The largest absolute Gasteiger partial charge is 0.341 e. The average Bonchev–Trinajstić information content (AvgIpc) is 3.31. The van der Waals surface area contributed by atoms with Crippen molar-refractivity contribution in [3.8, 4) is 11.1 Å². The Balaban J connectivity index is 1.51. The second-order valence-electron chi connectivity index (χ2n) is 7.82. The molecule has 4 rings (SSSR count). The molecule has 1 saturated heterocycles. The molecule has 8 heteroatoms. The summed E-state index contributed by atoms with van der Waals surface area (Å²) in [5, 5.41) is 0. The Morgan fingerprint density at radius 3 is 2.62 bits per heavy atom. The number of carbonyl (C=O) groups is 1. The molecule has 0 spiro atoms. The van der Waals surface area contributed by atoms with Crippen molar-refractivity contribution in [2.75, 3.05) is 19.3 Å². The molecule has 1 aliphatic carbocycles. The van der Waals surface area contributed by atoms with Crippen LogP contribution in [-0.2, 0) is 14.8 Å². The molecule has 2 aliphatic rings. The molecule has 2 aromatic rings. The molecule has 0 radical (unpaired) electrons. The zero-order valence-corrected chi connectivity index (χ0v) is 16.8. The third-order valence-electron chi connectivity index (χ3n) is 5.57. The molecule has 2 aromatic carbocycles. The minimum absolute atomic E-state index is 0.0309. The van der Waals surface area contributed by atoms with Crippen LogP contribution in [0.4, 0.5) is 8.78 Å². The molecule has 1 N–H and O–H groups in total. The van der Waals surface area contributed by atoms with Gasteiger partial charge in [-0.2, -0.15) is 0 Å². The van der Waals surface area contributed by atoms with Gasteiger partial charge in [0.2, 0.25) is 15.9 Å². The van der Waals surface area contributed by atoms with Crippen molar-refractivity contribution in [3.05, 3.63) is 59.7 Å². The van der Waals surface area contributed by atoms with E-state index in [-0.39, 0.29) is 23.8 Å². The van der Waals surface area contributed by atoms with E-state index >= 15 is 0 Å². The van der Waals surface area contributed by atoms with Crippen molar-refractivity contribution in [1.29, 1.82) is 0 Å². The van der Waals surface area contributed by atoms with Crippen LogP contribution >= 0.6 is 0 Å². The maximum Gasteiger partial charge on any atom is 0.226 e. The highest BCUT2D eigenvalue weighted by Crippen LogP contribution is 2.51. The molecule has 3 atom stereocenters. The summed E-state index contributed by atoms with van der Waals surface area (Å²) in [5.41, 5.74) is 1.56. The number of nitrogens with one attached hydrogen (secondary N) is 1. The Morgan fingerprint density at radius 1 is 1.14 bits per heavy atom. The van der Waals surface area contributed by atoms with Crippen molar-refractivity contribution in [2.24, 2.45) is 5.92 Å². The highest BCUT2D eigenvalue weighted by molar-refractivity contribution is 7.88. The molecule has 154 valence electrons. The second kappa shape index (κ2) is 7.50. The molecular weight excluding hydrogens is 398 g/mol. The molecule has 5 nitrogen and oxygen atoms in total. The summed E-state index contributed by atoms with van der Waals surface area (Å²) in [4.78, 5) is 14.6. The summed E-state index contributed by atoms with van der Waals surface area (Å²) in [7, 11) is -3.32. The lowest BCUT2D eigenvalue weighted by atomic mass is 9.95. The van der Waals surface area contributed by atoms with Gasteiger partial charge in [0.25, 0.3) is 0 Å². The summed E-state index contributed by atoms with van der Waals surface area (Å²) in [6, 6.07) is 10.2. The van der Waals surface area contributed by atoms with E-state index in [1.807, 2.05) is 0 Å². The normalized spacial score (nSPS) is 24.0. The molecule has 29 heavy (non-hydrogen) atoms. The van der Waals surface area contributed by atoms with E-state index in [1.54, 1.807) is 29.2 Å². The molecule has 0 bridgehead atoms. The lowest BCUT2D eigenvalue weighted by Gasteiger charge is -2.17. The van der Waals surface area contributed by atoms with E-state index in [9.17, 15) is 22.0 Å². The first-order valence-corrected chi connectivity index (χ1v) is 11.4. The molecule has 0 unspecified atom stereocenters. The third kappa shape index (κ3) is 4.33. The van der Waals surface area contributed by atoms with Gasteiger partial charge in [-0.05, 0) is 48.1 Å². The number of hydrogen-bond acceptors (Lipinski definition) is 3. The highest BCUT2D eigenvalue weighted by atomic mass is 32.2. The van der Waals surface area contributed by atoms with E-state index in [0.29, 0.717) is 37.1 Å². The van der Waals surface area contributed by atoms with Gasteiger partial charge in [-0.25, -0.2) is 21.9 Å². The average molecular weight is 420 g/mol. The molecular formula is C21H22F2N2O3S. The van der Waals surface area contributed by atoms with Gasteiger partial charge in [0.1, 0.15) is 11.6 Å². The number of rotatable bonds is 5. The molecule has 0 aromatic heterocycles. The maximum absolute atomic E-state index is 14.3. The van der Waals surface area contributed by atoms with Crippen LogP contribution in [0.3, 0.4) is 0 Å². The predicted molar refractivity (Wildman–Crippen MR) is 106 cm³/mol. The van der Waals surface area contributed by atoms with Gasteiger partial charge in [-0.1, -0.05) is 24.3 Å². The van der Waals surface area contributed by atoms with E-state index in [0.717, 1.165) is 11.8 Å². The van der Waals surface area contributed by atoms with Crippen LogP contribution in [-0.4, -0.2) is 44.6 Å². The number of amides is 1. The Morgan fingerprint density at radius 2 is 1.90 bits per heavy atom. The number of sulfonamides is 1. The van der Waals surface area contributed by atoms with Crippen molar-refractivity contribution >= 4 is 15.9 Å². The quantitative estimate of drug-likeness (QED) is 0.809. The van der Waals surface area contributed by atoms with E-state index in [4.69, 9.17) is 0 Å². The molecule has 1 aliphatic heterocycles. The van der Waals surface area contributed by atoms with Gasteiger partial charge in [-0.3, -0.25) is 4.79 Å². The molecule has 1 heterocycles. The summed E-state index contributed by atoms with van der Waals surface area (Å²) in [6.07, 6.45) is 2.30. The van der Waals surface area contributed by atoms with Crippen LogP contribution in [0.5, 0.6) is 0 Å². The number of nitrogens with zero attached hydrogens (tertiary/aromatic N) is 1. The zero-order valence-electron chi connectivity index (χ0n) is 15.9. The van der Waals surface area contributed by atoms with E-state index in [1.165, 1.54) is 18.2 Å². The predicted octanol–water partition coefficient (Wildman–Crippen LogP) is 2.89. The Bertz CT molecular complexity index is 1060. The lowest BCUT2D eigenvalue weighted by molar-refractivity contribution is -0.131. The number of carbonyl (C=O) groups excluding carboxylic acids is 1. The van der Waals surface area contributed by atoms with Crippen LogP contribution in [0.1, 0.15) is 24.3 Å². The topological polar surface area (TPSA) is 66.5 Å². The van der Waals surface area contributed by atoms with Crippen LogP contribution in [0.2, 0.25) is 0 Å². The van der Waals surface area contributed by atoms with Gasteiger partial charge in [0.05, 0.1) is 6.26 Å². The van der Waals surface area contributed by atoms with Crippen molar-refractivity contribution in [3.63, 3.8) is 0 Å². The second-order valence-corrected chi connectivity index (χ2v) is 9.60. The van der Waals surface area contributed by atoms with Gasteiger partial charge in [-0.15, -0.1) is 0 Å². The van der Waals surface area contributed by atoms with Crippen LogP contribution in [0.25, 0.3) is 11.1 Å². The lowest BCUT2D eigenvalue weighted by Crippen LogP contribution is -2.38. The van der Waals surface area contributed by atoms with E-state index < -0.39 is 21.7 Å². The zero-order chi connectivity index (χ0) is 20.8. The number of halogens is 2. The minimum Gasteiger partial charge on any atom is -0.341 e. The standard InChI is InChI=1S/C21H22F2N2O3S/c1-29(27,28)24-14-8-9-25(12-14)21(26)19-11-18(19)15-7-6-13(22)10-17(15)16-4-2-3-5-20(16)23/h2-7,10,14,18-19,24H,8-9,11-12H2,1H3/t14-,18+,19-/m1/s1. The van der Waals surface area contributed by atoms with E-state index in [2.05, 4.69) is 4.72 Å². The molecule has 1 amide bonds. The van der Waals surface area contributed by atoms with Gasteiger partial charge >= 0.3 is 0 Å². The number of benzene rings is 2. The molecule has 2 fully saturated rings. The van der Waals surface area contributed by atoms with Crippen molar-refractivity contribution < 1.29 is 22.0 Å². The smallest absolute Gasteiger partial charge is 0.226 e. The number of likely N-dealkylation sites (tertiary alicyclic amines) is 1. The summed E-state index contributed by atoms with van der Waals surface area (Å²) in [6.45, 7) is 0.845. The van der Waals surface area contributed by atoms with Gasteiger partial charge in [0, 0.05) is 30.6 Å². The molecule has 1 saturated carbocycles. The van der Waals surface area contributed by atoms with Crippen molar-refractivity contribution in [2.45, 2.75) is 24.8 Å².